The van der Waals surface area contributed by atoms with Crippen LogP contribution in [-0.2, 0) is 0 Å². The molecule has 0 aliphatic carbocycles. The van der Waals surface area contributed by atoms with E-state index in [1.54, 1.807) is 0 Å². The molecule has 0 amide bonds. The van der Waals surface area contributed by atoms with Crippen molar-refractivity contribution < 1.29 is 0 Å². The lowest BCUT2D eigenvalue weighted by Gasteiger charge is -2.18. The Bertz CT molecular complexity index is 1380. The molecule has 0 saturated carbocycles. The SMILES string of the molecule is C=Cc1c(/C=C\C)c2c3ccccc3c3ccccc3c2c2ccccc12. The van der Waals surface area contributed by atoms with E-state index in [4.69, 9.17) is 0 Å². The van der Waals surface area contributed by atoms with Gasteiger partial charge in [0.05, 0.1) is 0 Å². The van der Waals surface area contributed by atoms with Crippen LogP contribution in [0, 0.1) is 0 Å². The number of hydrogen-bond acceptors (Lipinski definition) is 0. The minimum absolute atomic E-state index is 1.21. The van der Waals surface area contributed by atoms with Gasteiger partial charge in [-0.15, -0.1) is 0 Å². The van der Waals surface area contributed by atoms with E-state index in [2.05, 4.69) is 98.5 Å². The highest BCUT2D eigenvalue weighted by Gasteiger charge is 2.16. The molecule has 5 aromatic carbocycles. The first kappa shape index (κ1) is 15.8. The van der Waals surface area contributed by atoms with Gasteiger partial charge >= 0.3 is 0 Å². The summed E-state index contributed by atoms with van der Waals surface area (Å²) in [5.74, 6) is 0. The molecule has 0 aliphatic rings. The zero-order valence-corrected chi connectivity index (χ0v) is 15.4. The first-order chi connectivity index (χ1) is 13.3. The summed E-state index contributed by atoms with van der Waals surface area (Å²) >= 11 is 0. The molecule has 0 nitrogen and oxygen atoms in total. The lowest BCUT2D eigenvalue weighted by molar-refractivity contribution is 1.70. The Morgan fingerprint density at radius 2 is 1.00 bits per heavy atom. The maximum Gasteiger partial charge on any atom is -0.00139 e. The van der Waals surface area contributed by atoms with E-state index in [0.29, 0.717) is 0 Å². The molecule has 0 spiro atoms. The Kier molecular flexibility index (Phi) is 3.58. The third-order valence-corrected chi connectivity index (χ3v) is 5.52. The molecule has 0 atom stereocenters. The fourth-order valence-corrected chi connectivity index (χ4v) is 4.48. The van der Waals surface area contributed by atoms with Gasteiger partial charge in [0.1, 0.15) is 0 Å². The summed E-state index contributed by atoms with van der Waals surface area (Å²) < 4.78 is 0. The second kappa shape index (κ2) is 6.10. The van der Waals surface area contributed by atoms with Crippen molar-refractivity contribution in [1.82, 2.24) is 0 Å². The van der Waals surface area contributed by atoms with Gasteiger partial charge in [-0.3, -0.25) is 0 Å². The van der Waals surface area contributed by atoms with Crippen molar-refractivity contribution in [1.29, 1.82) is 0 Å². The molecule has 0 unspecified atom stereocenters. The van der Waals surface area contributed by atoms with Crippen molar-refractivity contribution in [2.45, 2.75) is 6.92 Å². The normalized spacial score (nSPS) is 11.9. The summed E-state index contributed by atoms with van der Waals surface area (Å²) in [6, 6.07) is 26.2. The number of fused-ring (bicyclic) bond motifs is 8. The summed E-state index contributed by atoms with van der Waals surface area (Å²) in [7, 11) is 0. The van der Waals surface area contributed by atoms with Crippen LogP contribution in [0.15, 0.2) is 85.5 Å². The monoisotopic (exact) mass is 344 g/mol. The second-order valence-electron chi connectivity index (χ2n) is 6.92. The standard InChI is InChI=1S/C27H20/c1-3-11-22-18(4-2)19-12-5-8-15-23(19)27-25-17-10-7-14-21(25)20-13-6-9-16-24(20)26(22)27/h3-17H,2H2,1H3/b11-3-. The highest BCUT2D eigenvalue weighted by atomic mass is 14.2. The summed E-state index contributed by atoms with van der Waals surface area (Å²) in [5, 5.41) is 10.4. The van der Waals surface area contributed by atoms with Crippen molar-refractivity contribution >= 4 is 55.2 Å². The number of allylic oxidation sites excluding steroid dienone is 1. The summed E-state index contributed by atoms with van der Waals surface area (Å²) in [5.41, 5.74) is 2.46. The van der Waals surface area contributed by atoms with Crippen molar-refractivity contribution in [3.63, 3.8) is 0 Å². The number of benzene rings is 5. The van der Waals surface area contributed by atoms with Gasteiger partial charge in [0.15, 0.2) is 0 Å². The maximum absolute atomic E-state index is 4.14. The van der Waals surface area contributed by atoms with Crippen LogP contribution in [0.5, 0.6) is 0 Å². The second-order valence-corrected chi connectivity index (χ2v) is 6.92. The van der Waals surface area contributed by atoms with E-state index >= 15 is 0 Å². The van der Waals surface area contributed by atoms with Crippen LogP contribution in [0.1, 0.15) is 18.1 Å². The zero-order chi connectivity index (χ0) is 18.4. The van der Waals surface area contributed by atoms with Crippen molar-refractivity contribution in [2.75, 3.05) is 0 Å². The Morgan fingerprint density at radius 3 is 1.52 bits per heavy atom. The summed E-state index contributed by atoms with van der Waals surface area (Å²) in [4.78, 5) is 0. The minimum atomic E-state index is 1.21. The maximum atomic E-state index is 4.14. The van der Waals surface area contributed by atoms with Gasteiger partial charge in [-0.2, -0.15) is 0 Å². The molecule has 128 valence electrons. The molecule has 0 aromatic heterocycles. The molecule has 5 aromatic rings. The van der Waals surface area contributed by atoms with Gasteiger partial charge in [0.25, 0.3) is 0 Å². The molecule has 0 heterocycles. The fourth-order valence-electron chi connectivity index (χ4n) is 4.48. The van der Waals surface area contributed by atoms with Gasteiger partial charge < -0.3 is 0 Å². The topological polar surface area (TPSA) is 0 Å². The van der Waals surface area contributed by atoms with Crippen molar-refractivity contribution in [3.8, 4) is 0 Å². The molecule has 0 aliphatic heterocycles. The summed E-state index contributed by atoms with van der Waals surface area (Å²) in [6.07, 6.45) is 6.36. The quantitative estimate of drug-likeness (QED) is 0.285. The highest BCUT2D eigenvalue weighted by molar-refractivity contribution is 6.34. The largest absolute Gasteiger partial charge is 0.0984 e. The van der Waals surface area contributed by atoms with Gasteiger partial charge in [0.2, 0.25) is 0 Å². The molecular formula is C27H20. The van der Waals surface area contributed by atoms with Gasteiger partial charge in [-0.25, -0.2) is 0 Å². The molecule has 5 rings (SSSR count). The predicted molar refractivity (Wildman–Crippen MR) is 121 cm³/mol. The van der Waals surface area contributed by atoms with Gasteiger partial charge in [-0.05, 0) is 61.1 Å². The third-order valence-electron chi connectivity index (χ3n) is 5.52. The number of hydrogen-bond donors (Lipinski definition) is 0. The van der Waals surface area contributed by atoms with E-state index in [0.717, 1.165) is 0 Å². The first-order valence-electron chi connectivity index (χ1n) is 9.38. The average Bonchev–Trinajstić information content (AvgIpc) is 2.73. The van der Waals surface area contributed by atoms with Crippen LogP contribution in [0.2, 0.25) is 0 Å². The Labute approximate surface area is 159 Å². The molecule has 0 saturated heterocycles. The Hall–Kier alpha value is -3.38. The highest BCUT2D eigenvalue weighted by Crippen LogP contribution is 2.43. The van der Waals surface area contributed by atoms with E-state index in [1.165, 1.54) is 54.2 Å². The van der Waals surface area contributed by atoms with Crippen LogP contribution in [-0.4, -0.2) is 0 Å². The van der Waals surface area contributed by atoms with Gasteiger partial charge in [-0.1, -0.05) is 97.6 Å². The molecule has 0 fully saturated rings. The van der Waals surface area contributed by atoms with Crippen LogP contribution in [0.4, 0.5) is 0 Å². The van der Waals surface area contributed by atoms with E-state index in [9.17, 15) is 0 Å². The van der Waals surface area contributed by atoms with Crippen LogP contribution >= 0.6 is 0 Å². The van der Waals surface area contributed by atoms with Gasteiger partial charge in [0, 0.05) is 0 Å². The molecule has 0 radical (unpaired) electrons. The van der Waals surface area contributed by atoms with Crippen LogP contribution in [0.3, 0.4) is 0 Å². The first-order valence-corrected chi connectivity index (χ1v) is 9.38. The van der Waals surface area contributed by atoms with E-state index in [1.807, 2.05) is 6.08 Å². The smallest absolute Gasteiger partial charge is 0.00139 e. The molecule has 27 heavy (non-hydrogen) atoms. The zero-order valence-electron chi connectivity index (χ0n) is 15.4. The number of rotatable bonds is 2. The van der Waals surface area contributed by atoms with E-state index < -0.39 is 0 Å². The van der Waals surface area contributed by atoms with Crippen LogP contribution < -0.4 is 0 Å². The lowest BCUT2D eigenvalue weighted by atomic mass is 9.85. The lowest BCUT2D eigenvalue weighted by Crippen LogP contribution is -1.92. The van der Waals surface area contributed by atoms with E-state index in [-0.39, 0.29) is 0 Å². The minimum Gasteiger partial charge on any atom is -0.0984 e. The van der Waals surface area contributed by atoms with Crippen LogP contribution in [0.25, 0.3) is 55.2 Å². The third kappa shape index (κ3) is 2.17. The summed E-state index contributed by atoms with van der Waals surface area (Å²) in [6.45, 7) is 6.22. The Balaban J connectivity index is 2.28. The van der Waals surface area contributed by atoms with Crippen molar-refractivity contribution in [2.24, 2.45) is 0 Å². The fraction of sp³-hybridized carbons (Fsp3) is 0.0370. The molecule has 0 heteroatoms. The Morgan fingerprint density at radius 1 is 0.556 bits per heavy atom. The molecule has 0 N–H and O–H groups in total. The predicted octanol–water partition coefficient (Wildman–Crippen LogP) is 7.98. The van der Waals surface area contributed by atoms with Crippen molar-refractivity contribution in [3.05, 3.63) is 96.6 Å². The average molecular weight is 344 g/mol. The molecule has 0 bridgehead atoms. The molecular weight excluding hydrogens is 324 g/mol.